The second kappa shape index (κ2) is 8.53. The van der Waals surface area contributed by atoms with Gasteiger partial charge in [0.05, 0.1) is 11.4 Å². The summed E-state index contributed by atoms with van der Waals surface area (Å²) in [5.74, 6) is -0.436. The summed E-state index contributed by atoms with van der Waals surface area (Å²) in [5, 5.41) is 0. The van der Waals surface area contributed by atoms with E-state index in [1.54, 1.807) is 0 Å². The molecule has 4 rings (SSSR count). The third-order valence-corrected chi connectivity index (χ3v) is 7.78. The van der Waals surface area contributed by atoms with Crippen LogP contribution in [-0.2, 0) is 14.8 Å². The second-order valence-electron chi connectivity index (χ2n) is 8.07. The molecule has 2 aliphatic carbocycles. The molecule has 1 aromatic carbocycles. The molecule has 1 aliphatic heterocycles. The lowest BCUT2D eigenvalue weighted by Crippen LogP contribution is -2.51. The summed E-state index contributed by atoms with van der Waals surface area (Å²) in [6, 6.07) is 5.46. The molecule has 1 saturated heterocycles. The van der Waals surface area contributed by atoms with Gasteiger partial charge in [-0.25, -0.2) is 12.8 Å². The normalized spacial score (nSPS) is 21.6. The number of carbonyl (C=O) groups is 1. The van der Waals surface area contributed by atoms with Gasteiger partial charge in [0, 0.05) is 37.9 Å². The summed E-state index contributed by atoms with van der Waals surface area (Å²) in [7, 11) is -3.71. The average Bonchev–Trinajstić information content (AvgIpc) is 3.54. The van der Waals surface area contributed by atoms with Gasteiger partial charge in [-0.15, -0.1) is 0 Å². The monoisotopic (exact) mass is 421 g/mol. The van der Waals surface area contributed by atoms with Gasteiger partial charge in [-0.05, 0) is 56.7 Å². The lowest BCUT2D eigenvalue weighted by molar-refractivity contribution is -0.131. The Labute approximate surface area is 172 Å². The molecule has 0 atom stereocenters. The van der Waals surface area contributed by atoms with Crippen molar-refractivity contribution in [3.63, 3.8) is 0 Å². The van der Waals surface area contributed by atoms with E-state index in [1.165, 1.54) is 34.6 Å². The summed E-state index contributed by atoms with van der Waals surface area (Å²) in [6.07, 6.45) is 8.70. The van der Waals surface area contributed by atoms with Crippen LogP contribution in [0.5, 0.6) is 0 Å². The Morgan fingerprint density at radius 3 is 2.52 bits per heavy atom. The zero-order valence-corrected chi connectivity index (χ0v) is 17.4. The van der Waals surface area contributed by atoms with Crippen molar-refractivity contribution in [2.75, 3.05) is 32.7 Å². The van der Waals surface area contributed by atoms with E-state index < -0.39 is 15.8 Å². The number of halogens is 1. The molecule has 1 saturated carbocycles. The molecule has 0 spiro atoms. The van der Waals surface area contributed by atoms with Crippen LogP contribution in [0.4, 0.5) is 4.39 Å². The first-order chi connectivity index (χ1) is 13.9. The second-order valence-corrected chi connectivity index (χ2v) is 10.0. The van der Waals surface area contributed by atoms with E-state index >= 15 is 0 Å². The van der Waals surface area contributed by atoms with Gasteiger partial charge in [0.2, 0.25) is 15.9 Å². The number of piperazine rings is 1. The highest BCUT2D eigenvalue weighted by Crippen LogP contribution is 2.34. The summed E-state index contributed by atoms with van der Waals surface area (Å²) in [5.41, 5.74) is 1.18. The van der Waals surface area contributed by atoms with E-state index in [0.717, 1.165) is 38.2 Å². The van der Waals surface area contributed by atoms with Crippen LogP contribution < -0.4 is 0 Å². The average molecular weight is 422 g/mol. The Hall–Kier alpha value is -1.77. The smallest absolute Gasteiger partial charge is 0.243 e. The van der Waals surface area contributed by atoms with Crippen LogP contribution in [-0.4, -0.2) is 67.2 Å². The number of hydrogen-bond acceptors (Lipinski definition) is 4. The summed E-state index contributed by atoms with van der Waals surface area (Å²) < 4.78 is 40.3. The van der Waals surface area contributed by atoms with Crippen LogP contribution in [0.25, 0.3) is 0 Å². The van der Waals surface area contributed by atoms with Gasteiger partial charge in [-0.1, -0.05) is 12.1 Å². The molecule has 1 aromatic rings. The molecule has 6 nitrogen and oxygen atoms in total. The molecule has 0 unspecified atom stereocenters. The van der Waals surface area contributed by atoms with E-state index in [1.807, 2.05) is 9.80 Å². The molecule has 8 heteroatoms. The number of nitrogens with zero attached hydrogens (tertiary/aromatic N) is 3. The number of sulfonamides is 1. The number of carbonyl (C=O) groups excluding carboxylic acids is 1. The molecule has 2 fully saturated rings. The SMILES string of the molecule is O=C(CN1CCN(S(=O)(=O)c2cccc(F)c2)CC1)N(C1=CCCCC1)C1CC1. The molecule has 0 aromatic heterocycles. The van der Waals surface area contributed by atoms with Crippen molar-refractivity contribution in [2.24, 2.45) is 0 Å². The minimum Gasteiger partial charge on any atom is -0.312 e. The Bertz CT molecular complexity index is 890. The van der Waals surface area contributed by atoms with Crippen LogP contribution in [0.15, 0.2) is 40.9 Å². The summed E-state index contributed by atoms with van der Waals surface area (Å²) >= 11 is 0. The highest BCUT2D eigenvalue weighted by molar-refractivity contribution is 7.89. The molecule has 158 valence electrons. The van der Waals surface area contributed by atoms with Gasteiger partial charge in [0.25, 0.3) is 0 Å². The molecular formula is C21H28FN3O3S. The van der Waals surface area contributed by atoms with Crippen molar-refractivity contribution in [1.29, 1.82) is 0 Å². The predicted molar refractivity (Wildman–Crippen MR) is 108 cm³/mol. The van der Waals surface area contributed by atoms with Crippen LogP contribution >= 0.6 is 0 Å². The van der Waals surface area contributed by atoms with Crippen LogP contribution in [0.3, 0.4) is 0 Å². The third kappa shape index (κ3) is 4.70. The van der Waals surface area contributed by atoms with Gasteiger partial charge in [-0.2, -0.15) is 4.31 Å². The molecule has 0 N–H and O–H groups in total. The van der Waals surface area contributed by atoms with Crippen molar-refractivity contribution >= 4 is 15.9 Å². The number of amides is 1. The Kier molecular flexibility index (Phi) is 6.03. The minimum absolute atomic E-state index is 0.0221. The van der Waals surface area contributed by atoms with Gasteiger partial charge in [0.15, 0.2) is 0 Å². The van der Waals surface area contributed by atoms with Gasteiger partial charge < -0.3 is 4.90 Å². The topological polar surface area (TPSA) is 60.9 Å². The van der Waals surface area contributed by atoms with Crippen molar-refractivity contribution in [1.82, 2.24) is 14.1 Å². The van der Waals surface area contributed by atoms with Gasteiger partial charge in [0.1, 0.15) is 5.82 Å². The maximum absolute atomic E-state index is 13.4. The van der Waals surface area contributed by atoms with Crippen molar-refractivity contribution in [3.8, 4) is 0 Å². The number of allylic oxidation sites excluding steroid dienone is 2. The maximum Gasteiger partial charge on any atom is 0.243 e. The lowest BCUT2D eigenvalue weighted by atomic mass is 10.0. The van der Waals surface area contributed by atoms with Crippen LogP contribution in [0, 0.1) is 5.82 Å². The highest BCUT2D eigenvalue weighted by atomic mass is 32.2. The maximum atomic E-state index is 13.4. The molecule has 3 aliphatic rings. The van der Waals surface area contributed by atoms with Gasteiger partial charge in [-0.3, -0.25) is 9.69 Å². The fourth-order valence-electron chi connectivity index (χ4n) is 4.14. The number of benzene rings is 1. The zero-order chi connectivity index (χ0) is 20.4. The van der Waals surface area contributed by atoms with Gasteiger partial charge >= 0.3 is 0 Å². The first-order valence-electron chi connectivity index (χ1n) is 10.4. The van der Waals surface area contributed by atoms with Crippen molar-refractivity contribution in [3.05, 3.63) is 41.9 Å². The Morgan fingerprint density at radius 2 is 1.90 bits per heavy atom. The third-order valence-electron chi connectivity index (χ3n) is 5.88. The fourth-order valence-corrected chi connectivity index (χ4v) is 5.60. The minimum atomic E-state index is -3.71. The number of rotatable bonds is 6. The quantitative estimate of drug-likeness (QED) is 0.708. The first kappa shape index (κ1) is 20.5. The van der Waals surface area contributed by atoms with Crippen molar-refractivity contribution in [2.45, 2.75) is 49.5 Å². The molecule has 1 heterocycles. The first-order valence-corrected chi connectivity index (χ1v) is 11.9. The lowest BCUT2D eigenvalue weighted by Gasteiger charge is -2.35. The Balaban J connectivity index is 1.36. The molecule has 29 heavy (non-hydrogen) atoms. The number of hydrogen-bond donors (Lipinski definition) is 0. The van der Waals surface area contributed by atoms with E-state index in [9.17, 15) is 17.6 Å². The van der Waals surface area contributed by atoms with Crippen LogP contribution in [0.2, 0.25) is 0 Å². The molecule has 0 radical (unpaired) electrons. The molecular weight excluding hydrogens is 393 g/mol. The van der Waals surface area contributed by atoms with E-state index in [4.69, 9.17) is 0 Å². The highest BCUT2D eigenvalue weighted by Gasteiger charge is 2.36. The summed E-state index contributed by atoms with van der Waals surface area (Å²) in [6.45, 7) is 1.92. The van der Waals surface area contributed by atoms with Crippen molar-refractivity contribution < 1.29 is 17.6 Å². The largest absolute Gasteiger partial charge is 0.312 e. The zero-order valence-electron chi connectivity index (χ0n) is 16.6. The predicted octanol–water partition coefficient (Wildman–Crippen LogP) is 2.58. The Morgan fingerprint density at radius 1 is 1.14 bits per heavy atom. The van der Waals surface area contributed by atoms with E-state index in [2.05, 4.69) is 6.08 Å². The standard InChI is InChI=1S/C21H28FN3O3S/c22-17-5-4-8-20(15-17)29(27,28)24-13-11-23(12-14-24)16-21(26)25(19-9-10-19)18-6-2-1-3-7-18/h4-6,8,15,19H,1-3,7,9-14,16H2. The fraction of sp³-hybridized carbons (Fsp3) is 0.571. The molecule has 0 bridgehead atoms. The van der Waals surface area contributed by atoms with Crippen LogP contribution in [0.1, 0.15) is 38.5 Å². The molecule has 1 amide bonds. The van der Waals surface area contributed by atoms with E-state index in [0.29, 0.717) is 38.8 Å². The summed E-state index contributed by atoms with van der Waals surface area (Å²) in [4.78, 5) is 17.0. The van der Waals surface area contributed by atoms with E-state index in [-0.39, 0.29) is 10.8 Å².